The molecule has 0 aromatic rings. The summed E-state index contributed by atoms with van der Waals surface area (Å²) in [7, 11) is 0. The summed E-state index contributed by atoms with van der Waals surface area (Å²) in [6.07, 6.45) is 10.3. The van der Waals surface area contributed by atoms with E-state index in [1.165, 1.54) is 0 Å². The van der Waals surface area contributed by atoms with Crippen molar-refractivity contribution in [1.82, 2.24) is 0 Å². The third kappa shape index (κ3) is 5.91. The van der Waals surface area contributed by atoms with E-state index in [1.807, 2.05) is 73.6 Å². The van der Waals surface area contributed by atoms with E-state index in [0.717, 1.165) is 22.3 Å². The summed E-state index contributed by atoms with van der Waals surface area (Å²) in [4.78, 5) is 44.3. The maximum Gasteiger partial charge on any atom is 0.184 e. The maximum absolute atomic E-state index is 15.0. The van der Waals surface area contributed by atoms with E-state index in [4.69, 9.17) is 0 Å². The minimum absolute atomic E-state index is 0.0873. The normalized spacial score (nSPS) is 28.5. The van der Waals surface area contributed by atoms with Crippen LogP contribution in [0.5, 0.6) is 0 Å². The van der Waals surface area contributed by atoms with Crippen LogP contribution in [0.2, 0.25) is 0 Å². The van der Waals surface area contributed by atoms with E-state index >= 15 is 4.79 Å². The Morgan fingerprint density at radius 1 is 0.950 bits per heavy atom. The molecule has 2 aliphatic carbocycles. The van der Waals surface area contributed by atoms with Crippen molar-refractivity contribution in [2.24, 2.45) is 28.1 Å². The smallest absolute Gasteiger partial charge is 0.184 e. The first kappa shape index (κ1) is 33.7. The molecule has 222 valence electrons. The molecule has 0 saturated heterocycles. The van der Waals surface area contributed by atoms with Gasteiger partial charge in [-0.1, -0.05) is 67.4 Å². The molecular weight excluding hydrogens is 500 g/mol. The average molecular weight is 553 g/mol. The van der Waals surface area contributed by atoms with Gasteiger partial charge in [0.25, 0.3) is 0 Å². The Kier molecular flexibility index (Phi) is 10.9. The second-order valence-electron chi connectivity index (χ2n) is 13.4. The van der Waals surface area contributed by atoms with Gasteiger partial charge in [0.05, 0.1) is 12.0 Å². The predicted octanol–water partition coefficient (Wildman–Crippen LogP) is 7.96. The molecule has 2 N–H and O–H groups in total. The van der Waals surface area contributed by atoms with Crippen LogP contribution in [0.15, 0.2) is 57.9 Å². The molecule has 0 heterocycles. The Bertz CT molecular complexity index is 1160. The van der Waals surface area contributed by atoms with Crippen molar-refractivity contribution < 1.29 is 24.6 Å². The molecule has 5 nitrogen and oxygen atoms in total. The summed E-state index contributed by atoms with van der Waals surface area (Å²) < 4.78 is 0. The van der Waals surface area contributed by atoms with Crippen LogP contribution in [0.4, 0.5) is 0 Å². The van der Waals surface area contributed by atoms with Crippen molar-refractivity contribution >= 4 is 17.3 Å². The summed E-state index contributed by atoms with van der Waals surface area (Å²) in [6.45, 7) is 19.0. The number of allylic oxidation sites excluding steroid dienone is 9. The van der Waals surface area contributed by atoms with Crippen molar-refractivity contribution in [3.05, 3.63) is 57.9 Å². The Morgan fingerprint density at radius 2 is 1.52 bits per heavy atom. The zero-order chi connectivity index (χ0) is 30.6. The molecule has 0 aliphatic heterocycles. The summed E-state index contributed by atoms with van der Waals surface area (Å²) in [5.41, 5.74) is -0.106. The highest BCUT2D eigenvalue weighted by Crippen LogP contribution is 2.67. The highest BCUT2D eigenvalue weighted by molar-refractivity contribution is 6.33. The number of fused-ring (bicyclic) bond motifs is 2. The lowest BCUT2D eigenvalue weighted by atomic mass is 9.38. The molecule has 0 aromatic carbocycles. The zero-order valence-corrected chi connectivity index (χ0v) is 26.5. The number of rotatable bonds is 12. The van der Waals surface area contributed by atoms with Gasteiger partial charge in [0.1, 0.15) is 5.76 Å². The fourth-order valence-corrected chi connectivity index (χ4v) is 6.74. The number of hydrogen-bond donors (Lipinski definition) is 2. The van der Waals surface area contributed by atoms with Gasteiger partial charge >= 0.3 is 0 Å². The lowest BCUT2D eigenvalue weighted by molar-refractivity contribution is -0.180. The van der Waals surface area contributed by atoms with Gasteiger partial charge in [0.2, 0.25) is 0 Å². The predicted molar refractivity (Wildman–Crippen MR) is 163 cm³/mol. The van der Waals surface area contributed by atoms with Crippen LogP contribution in [0.1, 0.15) is 108 Å². The highest BCUT2D eigenvalue weighted by atomic mass is 16.3. The summed E-state index contributed by atoms with van der Waals surface area (Å²) in [5.74, 6) is -2.26. The Labute approximate surface area is 242 Å². The fraction of sp³-hybridized carbons (Fsp3) is 0.629. The molecule has 2 aliphatic rings. The van der Waals surface area contributed by atoms with Gasteiger partial charge in [-0.2, -0.15) is 0 Å². The Morgan fingerprint density at radius 3 is 2.02 bits per heavy atom. The van der Waals surface area contributed by atoms with Gasteiger partial charge in [0.15, 0.2) is 22.8 Å². The van der Waals surface area contributed by atoms with Crippen LogP contribution >= 0.6 is 0 Å². The van der Waals surface area contributed by atoms with E-state index in [0.29, 0.717) is 25.7 Å². The van der Waals surface area contributed by atoms with Gasteiger partial charge in [-0.15, -0.1) is 0 Å². The summed E-state index contributed by atoms with van der Waals surface area (Å²) in [5, 5.41) is 21.6. The zero-order valence-electron chi connectivity index (χ0n) is 26.5. The van der Waals surface area contributed by atoms with Crippen LogP contribution in [-0.4, -0.2) is 34.2 Å². The Balaban J connectivity index is 3.09. The number of carbonyl (C=O) groups is 3. The van der Waals surface area contributed by atoms with E-state index in [-0.39, 0.29) is 42.5 Å². The third-order valence-corrected chi connectivity index (χ3v) is 9.17. The first-order valence-corrected chi connectivity index (χ1v) is 14.8. The SMILES string of the molecule is CC(C)=CCC[C@@]1(C)[C@H](C/C=C(\C)CO)C[C@@]2(CC=C(C)C)C(=O)[C@]1(C(=O)C(C)C)C(=O)C(CC=C(C)C)=C2O. The van der Waals surface area contributed by atoms with Gasteiger partial charge in [-0.05, 0) is 98.3 Å². The van der Waals surface area contributed by atoms with Crippen LogP contribution in [-0.2, 0) is 14.4 Å². The molecule has 0 aromatic heterocycles. The van der Waals surface area contributed by atoms with Crippen LogP contribution in [0.3, 0.4) is 0 Å². The number of carbonyl (C=O) groups excluding carboxylic acids is 3. The van der Waals surface area contributed by atoms with E-state index in [9.17, 15) is 19.8 Å². The highest BCUT2D eigenvalue weighted by Gasteiger charge is 2.75. The quantitative estimate of drug-likeness (QED) is 0.189. The summed E-state index contributed by atoms with van der Waals surface area (Å²) in [6, 6.07) is 0. The van der Waals surface area contributed by atoms with Crippen molar-refractivity contribution in [1.29, 1.82) is 0 Å². The van der Waals surface area contributed by atoms with Crippen molar-refractivity contribution in [2.45, 2.75) is 108 Å². The van der Waals surface area contributed by atoms with Gasteiger partial charge in [-0.25, -0.2) is 0 Å². The first-order valence-electron chi connectivity index (χ1n) is 14.8. The topological polar surface area (TPSA) is 91.7 Å². The molecular formula is C35H52O5. The molecule has 4 atom stereocenters. The standard InChI is InChI=1S/C35H52O5/c1-22(2)12-11-18-33(10)27(15-14-26(9)21-36)20-34(19-17-24(5)6)30(38)28(16-13-23(3)4)31(39)35(33,32(34)40)29(37)25(7)8/h12-14,17,25,27,36,38H,11,15-16,18-21H2,1-10H3/b26-14+/t27-,33+,34-,35+/m1/s1. The number of Topliss-reactive ketones (excluding diaryl/α,β-unsaturated/α-hetero) is 3. The first-order chi connectivity index (χ1) is 18.5. The monoisotopic (exact) mass is 552 g/mol. The van der Waals surface area contributed by atoms with Crippen molar-refractivity contribution in [2.75, 3.05) is 6.61 Å². The molecule has 1 fully saturated rings. The van der Waals surface area contributed by atoms with Crippen LogP contribution in [0, 0.1) is 28.1 Å². The maximum atomic E-state index is 15.0. The summed E-state index contributed by atoms with van der Waals surface area (Å²) >= 11 is 0. The van der Waals surface area contributed by atoms with Crippen molar-refractivity contribution in [3.63, 3.8) is 0 Å². The van der Waals surface area contributed by atoms with E-state index in [1.54, 1.807) is 13.8 Å². The van der Waals surface area contributed by atoms with Crippen LogP contribution < -0.4 is 0 Å². The lowest BCUT2D eigenvalue weighted by Gasteiger charge is -2.61. The van der Waals surface area contributed by atoms with E-state index < -0.39 is 33.7 Å². The number of aliphatic hydroxyl groups is 2. The molecule has 0 amide bonds. The second-order valence-corrected chi connectivity index (χ2v) is 13.4. The molecule has 2 rings (SSSR count). The van der Waals surface area contributed by atoms with Gasteiger partial charge in [-0.3, -0.25) is 14.4 Å². The number of hydrogen-bond acceptors (Lipinski definition) is 5. The van der Waals surface area contributed by atoms with Crippen molar-refractivity contribution in [3.8, 4) is 0 Å². The second kappa shape index (κ2) is 13.0. The molecule has 1 saturated carbocycles. The lowest BCUT2D eigenvalue weighted by Crippen LogP contribution is -2.71. The number of ketones is 3. The molecule has 40 heavy (non-hydrogen) atoms. The number of aliphatic hydroxyl groups excluding tert-OH is 2. The fourth-order valence-electron chi connectivity index (χ4n) is 6.74. The molecule has 0 unspecified atom stereocenters. The van der Waals surface area contributed by atoms with Gasteiger partial charge < -0.3 is 10.2 Å². The molecule has 0 spiro atoms. The minimum atomic E-state index is -1.90. The third-order valence-electron chi connectivity index (χ3n) is 9.17. The largest absolute Gasteiger partial charge is 0.511 e. The average Bonchev–Trinajstić information content (AvgIpc) is 2.86. The minimum Gasteiger partial charge on any atom is -0.511 e. The van der Waals surface area contributed by atoms with E-state index in [2.05, 4.69) is 6.08 Å². The van der Waals surface area contributed by atoms with Crippen LogP contribution in [0.25, 0.3) is 0 Å². The molecule has 2 bridgehead atoms. The molecule has 5 heteroatoms. The molecule has 0 radical (unpaired) electrons. The van der Waals surface area contributed by atoms with Gasteiger partial charge in [0, 0.05) is 11.5 Å². The Hall–Kier alpha value is -2.53.